The molecular weight excluding hydrogens is 348 g/mol. The van der Waals surface area contributed by atoms with Gasteiger partial charge in [0.05, 0.1) is 13.1 Å². The fraction of sp³-hybridized carbons (Fsp3) is 0.391. The fourth-order valence-corrected chi connectivity index (χ4v) is 3.35. The number of benzene rings is 2. The molecule has 5 heteroatoms. The number of fused-ring (bicyclic) bond motifs is 1. The maximum absolute atomic E-state index is 12.0. The van der Waals surface area contributed by atoms with Crippen molar-refractivity contribution in [2.45, 2.75) is 38.8 Å². The lowest BCUT2D eigenvalue weighted by Gasteiger charge is -2.27. The van der Waals surface area contributed by atoms with E-state index in [-0.39, 0.29) is 12.5 Å². The quantitative estimate of drug-likeness (QED) is 0.621. The minimum absolute atomic E-state index is 0.0267. The van der Waals surface area contributed by atoms with E-state index in [0.29, 0.717) is 18.5 Å². The lowest BCUT2D eigenvalue weighted by molar-refractivity contribution is -0.127. The van der Waals surface area contributed by atoms with Gasteiger partial charge in [0.25, 0.3) is 0 Å². The van der Waals surface area contributed by atoms with Crippen LogP contribution in [0.5, 0.6) is 0 Å². The molecule has 0 aromatic heterocycles. The van der Waals surface area contributed by atoms with Crippen LogP contribution in [-0.4, -0.2) is 43.4 Å². The molecule has 0 bridgehead atoms. The van der Waals surface area contributed by atoms with Crippen LogP contribution >= 0.6 is 0 Å². The molecule has 1 aliphatic rings. The number of amides is 1. The SMILES string of the molecule is Cc1ccc(CN=C(NCC(=O)N(C)C)NC2CCc3ccccc3C2)cc1. The van der Waals surface area contributed by atoms with E-state index in [2.05, 4.69) is 66.1 Å². The summed E-state index contributed by atoms with van der Waals surface area (Å²) in [5.74, 6) is 0.721. The molecule has 0 saturated heterocycles. The van der Waals surface area contributed by atoms with E-state index < -0.39 is 0 Å². The van der Waals surface area contributed by atoms with Crippen molar-refractivity contribution in [1.82, 2.24) is 15.5 Å². The lowest BCUT2D eigenvalue weighted by Crippen LogP contribution is -2.48. The van der Waals surface area contributed by atoms with E-state index in [1.807, 2.05) is 0 Å². The second kappa shape index (κ2) is 9.40. The number of rotatable bonds is 5. The highest BCUT2D eigenvalue weighted by atomic mass is 16.2. The molecule has 1 aliphatic carbocycles. The number of likely N-dealkylation sites (N-methyl/N-ethyl adjacent to an activating group) is 1. The monoisotopic (exact) mass is 378 g/mol. The summed E-state index contributed by atoms with van der Waals surface area (Å²) in [6.07, 6.45) is 3.10. The largest absolute Gasteiger partial charge is 0.353 e. The first-order valence-corrected chi connectivity index (χ1v) is 9.88. The number of aryl methyl sites for hydroxylation is 2. The number of carbonyl (C=O) groups is 1. The molecule has 3 rings (SSSR count). The second-order valence-corrected chi connectivity index (χ2v) is 7.64. The lowest BCUT2D eigenvalue weighted by atomic mass is 9.88. The van der Waals surface area contributed by atoms with Crippen LogP contribution in [0.2, 0.25) is 0 Å². The van der Waals surface area contributed by atoms with Crippen molar-refractivity contribution in [2.75, 3.05) is 20.6 Å². The molecular formula is C23H30N4O. The Morgan fingerprint density at radius 3 is 2.54 bits per heavy atom. The van der Waals surface area contributed by atoms with E-state index >= 15 is 0 Å². The molecule has 0 radical (unpaired) electrons. The normalized spacial score (nSPS) is 16.2. The van der Waals surface area contributed by atoms with E-state index in [0.717, 1.165) is 24.8 Å². The molecule has 1 amide bonds. The first-order chi connectivity index (χ1) is 13.5. The third-order valence-corrected chi connectivity index (χ3v) is 5.13. The van der Waals surface area contributed by atoms with Gasteiger partial charge in [-0.15, -0.1) is 0 Å². The van der Waals surface area contributed by atoms with Crippen molar-refractivity contribution in [3.8, 4) is 0 Å². The Morgan fingerprint density at radius 1 is 1.11 bits per heavy atom. The van der Waals surface area contributed by atoms with Crippen LogP contribution in [0.15, 0.2) is 53.5 Å². The fourth-order valence-electron chi connectivity index (χ4n) is 3.35. The molecule has 2 N–H and O–H groups in total. The molecule has 148 valence electrons. The van der Waals surface area contributed by atoms with Crippen molar-refractivity contribution in [1.29, 1.82) is 0 Å². The molecule has 0 saturated carbocycles. The van der Waals surface area contributed by atoms with E-state index in [1.165, 1.54) is 16.7 Å². The van der Waals surface area contributed by atoms with Crippen molar-refractivity contribution in [3.05, 3.63) is 70.8 Å². The summed E-state index contributed by atoms with van der Waals surface area (Å²) in [6, 6.07) is 17.3. The maximum Gasteiger partial charge on any atom is 0.241 e. The Bertz CT molecular complexity index is 827. The van der Waals surface area contributed by atoms with Gasteiger partial charge in [-0.1, -0.05) is 54.1 Å². The molecule has 2 aromatic rings. The van der Waals surface area contributed by atoms with Crippen LogP contribution in [0.3, 0.4) is 0 Å². The van der Waals surface area contributed by atoms with Crippen LogP contribution in [0.1, 0.15) is 28.7 Å². The van der Waals surface area contributed by atoms with Gasteiger partial charge in [0, 0.05) is 20.1 Å². The van der Waals surface area contributed by atoms with Gasteiger partial charge in [-0.2, -0.15) is 0 Å². The Morgan fingerprint density at radius 2 is 1.82 bits per heavy atom. The molecule has 1 unspecified atom stereocenters. The maximum atomic E-state index is 12.0. The highest BCUT2D eigenvalue weighted by Crippen LogP contribution is 2.21. The van der Waals surface area contributed by atoms with E-state index in [1.54, 1.807) is 19.0 Å². The summed E-state index contributed by atoms with van der Waals surface area (Å²) < 4.78 is 0. The molecule has 0 aliphatic heterocycles. The number of nitrogens with one attached hydrogen (secondary N) is 2. The summed E-state index contributed by atoms with van der Waals surface area (Å²) in [4.78, 5) is 18.3. The predicted octanol–water partition coefficient (Wildman–Crippen LogP) is 2.68. The average molecular weight is 379 g/mol. The highest BCUT2D eigenvalue weighted by molar-refractivity contribution is 5.86. The van der Waals surface area contributed by atoms with Crippen molar-refractivity contribution in [3.63, 3.8) is 0 Å². The number of carbonyl (C=O) groups excluding carboxylic acids is 1. The zero-order valence-electron chi connectivity index (χ0n) is 17.0. The Labute approximate surface area is 167 Å². The smallest absolute Gasteiger partial charge is 0.241 e. The number of guanidine groups is 1. The van der Waals surface area contributed by atoms with Crippen molar-refractivity contribution in [2.24, 2.45) is 4.99 Å². The number of nitrogens with zero attached hydrogens (tertiary/aromatic N) is 2. The van der Waals surface area contributed by atoms with Crippen LogP contribution < -0.4 is 10.6 Å². The molecule has 0 spiro atoms. The summed E-state index contributed by atoms with van der Waals surface area (Å²) in [5, 5.41) is 6.74. The van der Waals surface area contributed by atoms with Crippen molar-refractivity contribution < 1.29 is 4.79 Å². The summed E-state index contributed by atoms with van der Waals surface area (Å²) in [5.41, 5.74) is 5.23. The van der Waals surface area contributed by atoms with Gasteiger partial charge in [0.2, 0.25) is 5.91 Å². The molecule has 28 heavy (non-hydrogen) atoms. The molecule has 0 heterocycles. The van der Waals surface area contributed by atoms with Gasteiger partial charge in [0.15, 0.2) is 5.96 Å². The van der Waals surface area contributed by atoms with Gasteiger partial charge < -0.3 is 15.5 Å². The third-order valence-electron chi connectivity index (χ3n) is 5.13. The first kappa shape index (κ1) is 19.9. The zero-order valence-corrected chi connectivity index (χ0v) is 17.0. The van der Waals surface area contributed by atoms with Crippen LogP contribution in [-0.2, 0) is 24.2 Å². The van der Waals surface area contributed by atoms with Gasteiger partial charge in [-0.3, -0.25) is 4.79 Å². The Kier molecular flexibility index (Phi) is 6.69. The van der Waals surface area contributed by atoms with Crippen LogP contribution in [0, 0.1) is 6.92 Å². The standard InChI is InChI=1S/C23H30N4O/c1-17-8-10-18(11-9-17)15-24-23(25-16-22(28)27(2)3)26-21-13-12-19-6-4-5-7-20(19)14-21/h4-11,21H,12-16H2,1-3H3,(H2,24,25,26). The van der Waals surface area contributed by atoms with Gasteiger partial charge in [-0.05, 0) is 42.9 Å². The first-order valence-electron chi connectivity index (χ1n) is 9.88. The molecule has 2 aromatic carbocycles. The van der Waals surface area contributed by atoms with Crippen LogP contribution in [0.25, 0.3) is 0 Å². The van der Waals surface area contributed by atoms with Gasteiger partial charge in [-0.25, -0.2) is 4.99 Å². The number of aliphatic imine (C=N–C) groups is 1. The molecule has 0 fully saturated rings. The highest BCUT2D eigenvalue weighted by Gasteiger charge is 2.19. The Balaban J connectivity index is 1.67. The number of hydrogen-bond donors (Lipinski definition) is 2. The number of hydrogen-bond acceptors (Lipinski definition) is 2. The second-order valence-electron chi connectivity index (χ2n) is 7.64. The predicted molar refractivity (Wildman–Crippen MR) is 114 cm³/mol. The minimum atomic E-state index is 0.0267. The summed E-state index contributed by atoms with van der Waals surface area (Å²) in [7, 11) is 3.53. The van der Waals surface area contributed by atoms with E-state index in [4.69, 9.17) is 4.99 Å². The summed E-state index contributed by atoms with van der Waals surface area (Å²) in [6.45, 7) is 2.89. The Hall–Kier alpha value is -2.82. The molecule has 5 nitrogen and oxygen atoms in total. The average Bonchev–Trinajstić information content (AvgIpc) is 2.70. The molecule has 1 atom stereocenters. The van der Waals surface area contributed by atoms with E-state index in [9.17, 15) is 4.79 Å². The minimum Gasteiger partial charge on any atom is -0.353 e. The summed E-state index contributed by atoms with van der Waals surface area (Å²) >= 11 is 0. The topological polar surface area (TPSA) is 56.7 Å². The van der Waals surface area contributed by atoms with Gasteiger partial charge in [0.1, 0.15) is 0 Å². The van der Waals surface area contributed by atoms with Crippen LogP contribution in [0.4, 0.5) is 0 Å². The van der Waals surface area contributed by atoms with Gasteiger partial charge >= 0.3 is 0 Å². The zero-order chi connectivity index (χ0) is 19.9. The third kappa shape index (κ3) is 5.59. The van der Waals surface area contributed by atoms with Crippen molar-refractivity contribution >= 4 is 11.9 Å².